The number of hydrogen-bond acceptors (Lipinski definition) is 3. The Labute approximate surface area is 99.5 Å². The van der Waals surface area contributed by atoms with Crippen LogP contribution in [0.5, 0.6) is 0 Å². The largest absolute Gasteiger partial charge is 0.459 e. The molecule has 6 heteroatoms. The molecule has 0 N–H and O–H groups in total. The molecule has 0 aliphatic rings. The van der Waals surface area contributed by atoms with Gasteiger partial charge in [-0.2, -0.15) is 0 Å². The van der Waals surface area contributed by atoms with Gasteiger partial charge in [0.2, 0.25) is 5.91 Å². The van der Waals surface area contributed by atoms with Gasteiger partial charge in [-0.1, -0.05) is 6.32 Å². The van der Waals surface area contributed by atoms with Crippen LogP contribution in [0.3, 0.4) is 0 Å². The van der Waals surface area contributed by atoms with E-state index in [1.165, 1.54) is 11.9 Å². The number of carbonyl (C=O) groups is 2. The fourth-order valence-electron chi connectivity index (χ4n) is 1.03. The first-order chi connectivity index (χ1) is 7.17. The second kappa shape index (κ2) is 5.97. The van der Waals surface area contributed by atoms with Crippen LogP contribution in [0.1, 0.15) is 20.8 Å². The lowest BCUT2D eigenvalue weighted by atomic mass is 9.76. The molecule has 4 radical (unpaired) electrons. The first kappa shape index (κ1) is 15.1. The second-order valence-electron chi connectivity index (χ2n) is 4.62. The molecule has 0 heterocycles. The first-order valence-electron chi connectivity index (χ1n) is 5.10. The number of rotatable bonds is 4. The number of esters is 1. The van der Waals surface area contributed by atoms with Gasteiger partial charge >= 0.3 is 5.97 Å². The Hall–Kier alpha value is -0.930. The molecule has 1 atom stereocenters. The lowest BCUT2D eigenvalue weighted by Gasteiger charge is -2.24. The topological polar surface area (TPSA) is 46.6 Å². The van der Waals surface area contributed by atoms with Gasteiger partial charge in [-0.25, -0.2) is 0 Å². The Morgan fingerprint density at radius 3 is 2.25 bits per heavy atom. The van der Waals surface area contributed by atoms with Crippen molar-refractivity contribution in [1.82, 2.24) is 4.90 Å². The zero-order chi connectivity index (χ0) is 12.9. The third-order valence-electron chi connectivity index (χ3n) is 1.73. The fraction of sp³-hybridized carbons (Fsp3) is 0.800. The molecule has 0 spiro atoms. The molecular formula is C10H17B2NO3. The van der Waals surface area contributed by atoms with Crippen molar-refractivity contribution in [3.05, 3.63) is 0 Å². The maximum Gasteiger partial charge on any atom is 0.326 e. The Morgan fingerprint density at radius 2 is 1.88 bits per heavy atom. The SMILES string of the molecule is [B]CC([B])C(=O)N(C)CC(=O)OC(C)(C)C. The van der Waals surface area contributed by atoms with Gasteiger partial charge in [-0.15, -0.1) is 0 Å². The van der Waals surface area contributed by atoms with E-state index < -0.39 is 17.4 Å². The molecule has 0 saturated carbocycles. The highest BCUT2D eigenvalue weighted by Gasteiger charge is 2.21. The number of ether oxygens (including phenoxy) is 1. The number of likely N-dealkylation sites (N-methyl/N-ethyl adjacent to an activating group) is 1. The van der Waals surface area contributed by atoms with E-state index in [0.717, 1.165) is 0 Å². The van der Waals surface area contributed by atoms with Gasteiger partial charge in [-0.05, 0) is 26.6 Å². The summed E-state index contributed by atoms with van der Waals surface area (Å²) in [4.78, 5) is 24.1. The van der Waals surface area contributed by atoms with Gasteiger partial charge in [0, 0.05) is 7.05 Å². The fourth-order valence-corrected chi connectivity index (χ4v) is 1.03. The van der Waals surface area contributed by atoms with Crippen molar-refractivity contribution in [2.45, 2.75) is 38.5 Å². The average Bonchev–Trinajstić information content (AvgIpc) is 2.12. The molecule has 4 nitrogen and oxygen atoms in total. The molecule has 0 aromatic heterocycles. The van der Waals surface area contributed by atoms with Crippen molar-refractivity contribution in [3.8, 4) is 0 Å². The van der Waals surface area contributed by atoms with Crippen LogP contribution in [0.15, 0.2) is 0 Å². The van der Waals surface area contributed by atoms with Crippen LogP contribution in [-0.4, -0.2) is 51.7 Å². The van der Waals surface area contributed by atoms with E-state index in [4.69, 9.17) is 20.4 Å². The molecule has 1 unspecified atom stereocenters. The third kappa shape index (κ3) is 5.83. The normalized spacial score (nSPS) is 13.0. The molecule has 0 bridgehead atoms. The smallest absolute Gasteiger partial charge is 0.326 e. The maximum absolute atomic E-state index is 11.5. The minimum Gasteiger partial charge on any atom is -0.459 e. The minimum absolute atomic E-state index is 0.0531. The number of nitrogens with zero attached hydrogens (tertiary/aromatic N) is 1. The minimum atomic E-state index is -0.771. The van der Waals surface area contributed by atoms with Gasteiger partial charge in [-0.3, -0.25) is 9.59 Å². The molecular weight excluding hydrogens is 204 g/mol. The van der Waals surface area contributed by atoms with E-state index in [1.807, 2.05) is 0 Å². The molecule has 0 saturated heterocycles. The van der Waals surface area contributed by atoms with Crippen molar-refractivity contribution in [2.75, 3.05) is 13.6 Å². The average molecular weight is 221 g/mol. The molecule has 0 aromatic carbocycles. The highest BCUT2D eigenvalue weighted by atomic mass is 16.6. The second-order valence-corrected chi connectivity index (χ2v) is 4.62. The van der Waals surface area contributed by atoms with Crippen molar-refractivity contribution < 1.29 is 14.3 Å². The quantitative estimate of drug-likeness (QED) is 0.507. The van der Waals surface area contributed by atoms with E-state index in [0.29, 0.717) is 0 Å². The van der Waals surface area contributed by atoms with E-state index >= 15 is 0 Å². The van der Waals surface area contributed by atoms with Crippen LogP contribution in [-0.2, 0) is 14.3 Å². The van der Waals surface area contributed by atoms with E-state index in [9.17, 15) is 9.59 Å². The van der Waals surface area contributed by atoms with E-state index in [-0.39, 0.29) is 18.8 Å². The van der Waals surface area contributed by atoms with Crippen molar-refractivity contribution >= 4 is 27.6 Å². The Morgan fingerprint density at radius 1 is 1.38 bits per heavy atom. The Balaban J connectivity index is 4.20. The molecule has 0 rings (SSSR count). The van der Waals surface area contributed by atoms with Crippen LogP contribution in [0.25, 0.3) is 0 Å². The lowest BCUT2D eigenvalue weighted by Crippen LogP contribution is -2.37. The summed E-state index contributed by atoms with van der Waals surface area (Å²) in [6.45, 7) is 5.17. The van der Waals surface area contributed by atoms with Crippen LogP contribution >= 0.6 is 0 Å². The van der Waals surface area contributed by atoms with Gasteiger partial charge in [0.05, 0.1) is 15.7 Å². The summed E-state index contributed by atoms with van der Waals surface area (Å²) in [5, 5.41) is 0. The summed E-state index contributed by atoms with van der Waals surface area (Å²) in [6, 6.07) is 0. The summed E-state index contributed by atoms with van der Waals surface area (Å²) in [7, 11) is 12.2. The van der Waals surface area contributed by atoms with Gasteiger partial charge in [0.25, 0.3) is 0 Å². The number of amides is 1. The monoisotopic (exact) mass is 221 g/mol. The predicted molar refractivity (Wildman–Crippen MR) is 63.5 cm³/mol. The number of hydrogen-bond donors (Lipinski definition) is 0. The van der Waals surface area contributed by atoms with Crippen LogP contribution in [0.2, 0.25) is 12.1 Å². The van der Waals surface area contributed by atoms with Gasteiger partial charge in [0.1, 0.15) is 12.1 Å². The molecule has 0 fully saturated rings. The molecule has 86 valence electrons. The summed E-state index contributed by atoms with van der Waals surface area (Å²) in [5.41, 5.74) is -0.559. The van der Waals surface area contributed by atoms with Crippen LogP contribution in [0.4, 0.5) is 0 Å². The van der Waals surface area contributed by atoms with E-state index in [1.54, 1.807) is 20.8 Å². The molecule has 0 aromatic rings. The molecule has 0 aliphatic heterocycles. The first-order valence-corrected chi connectivity index (χ1v) is 5.10. The summed E-state index contributed by atoms with van der Waals surface area (Å²) in [6.07, 6.45) is 0.0531. The zero-order valence-electron chi connectivity index (χ0n) is 10.3. The molecule has 0 aliphatic carbocycles. The predicted octanol–water partition coefficient (Wildman–Crippen LogP) is 0.330. The summed E-state index contributed by atoms with van der Waals surface area (Å²) >= 11 is 0. The van der Waals surface area contributed by atoms with Crippen LogP contribution in [0, 0.1) is 0 Å². The summed E-state index contributed by atoms with van der Waals surface area (Å²) in [5.74, 6) is -1.60. The highest BCUT2D eigenvalue weighted by molar-refractivity contribution is 6.28. The zero-order valence-corrected chi connectivity index (χ0v) is 10.3. The lowest BCUT2D eigenvalue weighted by molar-refractivity contribution is -0.158. The Bertz CT molecular complexity index is 263. The highest BCUT2D eigenvalue weighted by Crippen LogP contribution is 2.10. The van der Waals surface area contributed by atoms with Gasteiger partial charge in [0.15, 0.2) is 0 Å². The third-order valence-corrected chi connectivity index (χ3v) is 1.73. The standard InChI is InChI=1S/C10H17B2NO3/c1-10(2,3)16-8(14)6-13(4)9(15)7(12)5-11/h7H,5-6H2,1-4H3. The van der Waals surface area contributed by atoms with Crippen molar-refractivity contribution in [1.29, 1.82) is 0 Å². The van der Waals surface area contributed by atoms with Crippen molar-refractivity contribution in [2.24, 2.45) is 0 Å². The van der Waals surface area contributed by atoms with Crippen LogP contribution < -0.4 is 0 Å². The maximum atomic E-state index is 11.5. The van der Waals surface area contributed by atoms with Crippen molar-refractivity contribution in [3.63, 3.8) is 0 Å². The molecule has 16 heavy (non-hydrogen) atoms. The molecule has 1 amide bonds. The van der Waals surface area contributed by atoms with E-state index in [2.05, 4.69) is 0 Å². The van der Waals surface area contributed by atoms with Gasteiger partial charge < -0.3 is 9.64 Å². The Kier molecular flexibility index (Phi) is 5.62. The number of carbonyl (C=O) groups excluding carboxylic acids is 2. The summed E-state index contributed by atoms with van der Waals surface area (Å²) < 4.78 is 5.07.